The predicted molar refractivity (Wildman–Crippen MR) is 127 cm³/mol. The predicted octanol–water partition coefficient (Wildman–Crippen LogP) is 3.49. The summed E-state index contributed by atoms with van der Waals surface area (Å²) in [5, 5.41) is 7.29. The summed E-state index contributed by atoms with van der Waals surface area (Å²) in [5.74, 6) is -1.99. The number of fused-ring (bicyclic) bond motifs is 1. The van der Waals surface area contributed by atoms with Crippen molar-refractivity contribution < 1.29 is 18.4 Å². The average molecular weight is 480 g/mol. The molecule has 2 amide bonds. The van der Waals surface area contributed by atoms with Crippen molar-refractivity contribution in [3.63, 3.8) is 0 Å². The second-order valence-corrected chi connectivity index (χ2v) is 8.49. The van der Waals surface area contributed by atoms with Gasteiger partial charge < -0.3 is 10.2 Å². The van der Waals surface area contributed by atoms with Crippen molar-refractivity contribution in [2.75, 3.05) is 6.54 Å². The van der Waals surface area contributed by atoms with E-state index in [0.717, 1.165) is 46.6 Å². The molecule has 0 saturated carbocycles. The number of pyridine rings is 1. The molecule has 9 heteroatoms. The van der Waals surface area contributed by atoms with Gasteiger partial charge in [0.1, 0.15) is 17.3 Å². The molecule has 0 fully saturated rings. The van der Waals surface area contributed by atoms with Gasteiger partial charge in [0.2, 0.25) is 5.91 Å². The summed E-state index contributed by atoms with van der Waals surface area (Å²) in [7, 11) is 1.74. The molecule has 0 atom stereocenters. The number of hydrogen-bond acceptors (Lipinski definition) is 4. The van der Waals surface area contributed by atoms with E-state index in [4.69, 9.17) is 0 Å². The van der Waals surface area contributed by atoms with Crippen LogP contribution >= 0.6 is 0 Å². The number of hydrogen-bond donors (Lipinski definition) is 1. The van der Waals surface area contributed by atoms with Crippen LogP contribution in [0.3, 0.4) is 0 Å². The van der Waals surface area contributed by atoms with Crippen LogP contribution in [0.4, 0.5) is 8.78 Å². The summed E-state index contributed by atoms with van der Waals surface area (Å²) in [4.78, 5) is 31.5. The summed E-state index contributed by atoms with van der Waals surface area (Å²) in [6.45, 7) is 4.96. The van der Waals surface area contributed by atoms with Gasteiger partial charge in [-0.1, -0.05) is 13.0 Å². The van der Waals surface area contributed by atoms with Crippen LogP contribution in [0.15, 0.2) is 36.5 Å². The molecule has 1 aliphatic rings. The van der Waals surface area contributed by atoms with Crippen molar-refractivity contribution >= 4 is 17.9 Å². The van der Waals surface area contributed by atoms with Crippen molar-refractivity contribution in [2.24, 2.45) is 7.05 Å². The highest BCUT2D eigenvalue weighted by Crippen LogP contribution is 2.24. The standard InChI is InChI=1S/C26H27F2N5O2/c1-4-18-12-24(32(3)31-18)26(35)30-14-21-16(2)29-13-17-15-33(11-10-19(17)21)25(34)9-8-20-22(27)6-5-7-23(20)28/h5-9,12-13H,4,10-11,14-15H2,1-3H3,(H,30,35)/b9-8+. The van der Waals surface area contributed by atoms with Crippen LogP contribution in [0.2, 0.25) is 0 Å². The number of aromatic nitrogens is 3. The molecule has 4 rings (SSSR count). The van der Waals surface area contributed by atoms with Gasteiger partial charge in [0, 0.05) is 50.2 Å². The van der Waals surface area contributed by atoms with Gasteiger partial charge >= 0.3 is 0 Å². The first kappa shape index (κ1) is 24.3. The Morgan fingerprint density at radius 3 is 2.66 bits per heavy atom. The first-order valence-electron chi connectivity index (χ1n) is 11.5. The van der Waals surface area contributed by atoms with Crippen LogP contribution < -0.4 is 5.32 Å². The van der Waals surface area contributed by atoms with E-state index in [1.54, 1.807) is 28.9 Å². The monoisotopic (exact) mass is 479 g/mol. The minimum Gasteiger partial charge on any atom is -0.347 e. The molecule has 1 aliphatic heterocycles. The van der Waals surface area contributed by atoms with Gasteiger partial charge in [-0.25, -0.2) is 8.78 Å². The second-order valence-electron chi connectivity index (χ2n) is 8.49. The number of benzene rings is 1. The number of nitrogens with zero attached hydrogens (tertiary/aromatic N) is 4. The summed E-state index contributed by atoms with van der Waals surface area (Å²) >= 11 is 0. The lowest BCUT2D eigenvalue weighted by molar-refractivity contribution is -0.126. The largest absolute Gasteiger partial charge is 0.347 e. The highest BCUT2D eigenvalue weighted by molar-refractivity contribution is 5.93. The van der Waals surface area contributed by atoms with Gasteiger partial charge in [-0.15, -0.1) is 0 Å². The number of aryl methyl sites for hydroxylation is 3. The highest BCUT2D eigenvalue weighted by atomic mass is 19.1. The summed E-state index contributed by atoms with van der Waals surface area (Å²) in [5.41, 5.74) is 4.80. The first-order valence-corrected chi connectivity index (χ1v) is 11.5. The van der Waals surface area contributed by atoms with Gasteiger partial charge in [0.25, 0.3) is 5.91 Å². The zero-order valence-electron chi connectivity index (χ0n) is 19.9. The van der Waals surface area contributed by atoms with Crippen LogP contribution in [0.5, 0.6) is 0 Å². The Morgan fingerprint density at radius 2 is 1.97 bits per heavy atom. The molecule has 3 aromatic rings. The molecular weight excluding hydrogens is 452 g/mol. The molecule has 0 unspecified atom stereocenters. The van der Waals surface area contributed by atoms with Gasteiger partial charge in [-0.05, 0) is 60.7 Å². The summed E-state index contributed by atoms with van der Waals surface area (Å²) in [6, 6.07) is 5.36. The van der Waals surface area contributed by atoms with E-state index in [9.17, 15) is 18.4 Å². The average Bonchev–Trinajstić information content (AvgIpc) is 3.23. The van der Waals surface area contributed by atoms with Crippen LogP contribution in [0.25, 0.3) is 6.08 Å². The number of rotatable bonds is 6. The third-order valence-electron chi connectivity index (χ3n) is 6.25. The number of halogens is 2. The number of nitrogens with one attached hydrogen (secondary N) is 1. The maximum atomic E-state index is 13.8. The molecule has 1 aromatic carbocycles. The number of carbonyl (C=O) groups is 2. The number of carbonyl (C=O) groups excluding carboxylic acids is 2. The van der Waals surface area contributed by atoms with E-state index in [0.29, 0.717) is 31.7 Å². The quantitative estimate of drug-likeness (QED) is 0.549. The maximum Gasteiger partial charge on any atom is 0.269 e. The fourth-order valence-electron chi connectivity index (χ4n) is 4.25. The smallest absolute Gasteiger partial charge is 0.269 e. The Morgan fingerprint density at radius 1 is 1.23 bits per heavy atom. The SMILES string of the molecule is CCc1cc(C(=O)NCc2c(C)ncc3c2CCN(C(=O)/C=C/c2c(F)cccc2F)C3)n(C)n1. The lowest BCUT2D eigenvalue weighted by Gasteiger charge is -2.30. The van der Waals surface area contributed by atoms with Gasteiger partial charge in [0.05, 0.1) is 5.69 Å². The third kappa shape index (κ3) is 5.13. The van der Waals surface area contributed by atoms with Gasteiger partial charge in [-0.3, -0.25) is 19.3 Å². The van der Waals surface area contributed by atoms with E-state index in [2.05, 4.69) is 15.4 Å². The molecule has 0 saturated heterocycles. The van der Waals surface area contributed by atoms with Gasteiger partial charge in [-0.2, -0.15) is 5.10 Å². The van der Waals surface area contributed by atoms with E-state index in [1.165, 1.54) is 18.2 Å². The molecule has 0 radical (unpaired) electrons. The Kier molecular flexibility index (Phi) is 7.04. The molecule has 7 nitrogen and oxygen atoms in total. The second kappa shape index (κ2) is 10.2. The van der Waals surface area contributed by atoms with Gasteiger partial charge in [0.15, 0.2) is 0 Å². The molecule has 3 heterocycles. The van der Waals surface area contributed by atoms with Crippen molar-refractivity contribution in [3.8, 4) is 0 Å². The zero-order valence-corrected chi connectivity index (χ0v) is 19.9. The van der Waals surface area contributed by atoms with E-state index >= 15 is 0 Å². The minimum absolute atomic E-state index is 0.213. The third-order valence-corrected chi connectivity index (χ3v) is 6.25. The molecule has 182 valence electrons. The van der Waals surface area contributed by atoms with E-state index in [-0.39, 0.29) is 17.4 Å². The van der Waals surface area contributed by atoms with Crippen LogP contribution in [-0.4, -0.2) is 38.0 Å². The fraction of sp³-hybridized carbons (Fsp3) is 0.308. The van der Waals surface area contributed by atoms with E-state index < -0.39 is 11.6 Å². The Balaban J connectivity index is 1.46. The highest BCUT2D eigenvalue weighted by Gasteiger charge is 2.23. The molecule has 0 spiro atoms. The van der Waals surface area contributed by atoms with Crippen molar-refractivity contribution in [1.29, 1.82) is 0 Å². The first-order chi connectivity index (χ1) is 16.8. The number of amides is 2. The maximum absolute atomic E-state index is 13.8. The van der Waals surface area contributed by atoms with Crippen LogP contribution in [0.1, 0.15) is 51.1 Å². The molecular formula is C26H27F2N5O2. The summed E-state index contributed by atoms with van der Waals surface area (Å²) in [6.07, 6.45) is 5.43. The van der Waals surface area contributed by atoms with E-state index in [1.807, 2.05) is 13.8 Å². The molecule has 0 bridgehead atoms. The van der Waals surface area contributed by atoms with Crippen molar-refractivity contribution in [2.45, 2.75) is 39.8 Å². The Labute approximate surface area is 202 Å². The zero-order chi connectivity index (χ0) is 25.1. The van der Waals surface area contributed by atoms with Crippen molar-refractivity contribution in [1.82, 2.24) is 25.0 Å². The van der Waals surface area contributed by atoms with Crippen LogP contribution in [-0.2, 0) is 37.8 Å². The topological polar surface area (TPSA) is 80.1 Å². The lowest BCUT2D eigenvalue weighted by atomic mass is 9.94. The fourth-order valence-corrected chi connectivity index (χ4v) is 4.25. The minimum atomic E-state index is -0.721. The Bertz CT molecular complexity index is 1300. The Hall–Kier alpha value is -3.88. The molecule has 35 heavy (non-hydrogen) atoms. The molecule has 0 aliphatic carbocycles. The summed E-state index contributed by atoms with van der Waals surface area (Å²) < 4.78 is 29.3. The van der Waals surface area contributed by atoms with Crippen molar-refractivity contribution in [3.05, 3.63) is 87.5 Å². The molecule has 1 N–H and O–H groups in total. The molecule has 2 aromatic heterocycles. The van der Waals surface area contributed by atoms with Crippen LogP contribution in [0, 0.1) is 18.6 Å². The lowest BCUT2D eigenvalue weighted by Crippen LogP contribution is -2.36. The normalized spacial score (nSPS) is 13.2.